The summed E-state index contributed by atoms with van der Waals surface area (Å²) in [4.78, 5) is 0. The van der Waals surface area contributed by atoms with E-state index in [-0.39, 0.29) is 0 Å². The number of nitrogens with one attached hydrogen (secondary N) is 1. The van der Waals surface area contributed by atoms with Crippen LogP contribution >= 0.6 is 0 Å². The van der Waals surface area contributed by atoms with Gasteiger partial charge in [-0.2, -0.15) is 0 Å². The topological polar surface area (TPSA) is 21.3 Å². The van der Waals surface area contributed by atoms with E-state index >= 15 is 0 Å². The number of anilines is 1. The maximum absolute atomic E-state index is 5.68. The van der Waals surface area contributed by atoms with Crippen molar-refractivity contribution >= 4 is 5.69 Å². The minimum Gasteiger partial charge on any atom is -0.384 e. The van der Waals surface area contributed by atoms with Crippen molar-refractivity contribution < 1.29 is 4.74 Å². The molecule has 1 spiro atoms. The van der Waals surface area contributed by atoms with Crippen molar-refractivity contribution in [1.82, 2.24) is 0 Å². The van der Waals surface area contributed by atoms with E-state index in [4.69, 9.17) is 4.74 Å². The van der Waals surface area contributed by atoms with Gasteiger partial charge >= 0.3 is 0 Å². The Morgan fingerprint density at radius 1 is 1.44 bits per heavy atom. The minimum absolute atomic E-state index is 0.332. The van der Waals surface area contributed by atoms with Crippen LogP contribution in [-0.2, 0) is 10.2 Å². The maximum Gasteiger partial charge on any atom is 0.0556 e. The van der Waals surface area contributed by atoms with Gasteiger partial charge in [-0.05, 0) is 38.3 Å². The largest absolute Gasteiger partial charge is 0.384 e. The summed E-state index contributed by atoms with van der Waals surface area (Å²) < 4.78 is 5.68. The first-order chi connectivity index (χ1) is 7.70. The van der Waals surface area contributed by atoms with Gasteiger partial charge in [0.2, 0.25) is 0 Å². The van der Waals surface area contributed by atoms with Gasteiger partial charge in [0.15, 0.2) is 0 Å². The van der Waals surface area contributed by atoms with E-state index < -0.39 is 0 Å². The second-order valence-electron chi connectivity index (χ2n) is 5.32. The molecule has 0 aromatic heterocycles. The molecule has 2 nitrogen and oxygen atoms in total. The molecular formula is C14H19NO. The van der Waals surface area contributed by atoms with Crippen LogP contribution in [0.1, 0.15) is 30.9 Å². The number of benzene rings is 1. The van der Waals surface area contributed by atoms with E-state index in [1.54, 1.807) is 0 Å². The SMILES string of the molecule is Cc1ccc2c(c1)C1(CCOC(C)C1)CN2. The molecule has 0 aliphatic carbocycles. The minimum atomic E-state index is 0.332. The maximum atomic E-state index is 5.68. The lowest BCUT2D eigenvalue weighted by Gasteiger charge is -2.37. The Balaban J connectivity index is 2.03. The molecule has 2 aliphatic heterocycles. The quantitative estimate of drug-likeness (QED) is 0.721. The fraction of sp³-hybridized carbons (Fsp3) is 0.571. The van der Waals surface area contributed by atoms with Crippen LogP contribution in [0.4, 0.5) is 5.69 Å². The van der Waals surface area contributed by atoms with Gasteiger partial charge in [-0.25, -0.2) is 0 Å². The zero-order chi connectivity index (χ0) is 11.2. The van der Waals surface area contributed by atoms with Crippen LogP contribution in [0.25, 0.3) is 0 Å². The fourth-order valence-corrected chi connectivity index (χ4v) is 3.18. The molecule has 2 aliphatic rings. The molecule has 0 bridgehead atoms. The van der Waals surface area contributed by atoms with Gasteiger partial charge in [0.25, 0.3) is 0 Å². The molecule has 2 heterocycles. The van der Waals surface area contributed by atoms with Gasteiger partial charge in [0.05, 0.1) is 6.10 Å². The first-order valence-electron chi connectivity index (χ1n) is 6.16. The third-order valence-corrected chi connectivity index (χ3v) is 4.02. The molecule has 1 saturated heterocycles. The molecule has 0 saturated carbocycles. The van der Waals surface area contributed by atoms with Gasteiger partial charge < -0.3 is 10.1 Å². The molecule has 16 heavy (non-hydrogen) atoms. The first-order valence-corrected chi connectivity index (χ1v) is 6.16. The molecule has 2 atom stereocenters. The lowest BCUT2D eigenvalue weighted by Crippen LogP contribution is -2.39. The van der Waals surface area contributed by atoms with Crippen LogP contribution in [0.3, 0.4) is 0 Å². The van der Waals surface area contributed by atoms with Crippen molar-refractivity contribution in [2.75, 3.05) is 18.5 Å². The Hall–Kier alpha value is -1.02. The molecule has 86 valence electrons. The van der Waals surface area contributed by atoms with Gasteiger partial charge in [0.1, 0.15) is 0 Å². The number of rotatable bonds is 0. The van der Waals surface area contributed by atoms with Crippen molar-refractivity contribution in [2.24, 2.45) is 0 Å². The number of hydrogen-bond donors (Lipinski definition) is 1. The summed E-state index contributed by atoms with van der Waals surface area (Å²) in [5, 5.41) is 3.55. The van der Waals surface area contributed by atoms with Crippen LogP contribution in [0, 0.1) is 6.92 Å². The van der Waals surface area contributed by atoms with E-state index in [1.807, 2.05) is 0 Å². The Morgan fingerprint density at radius 2 is 2.31 bits per heavy atom. The summed E-state index contributed by atoms with van der Waals surface area (Å²) in [6.07, 6.45) is 2.69. The van der Waals surface area contributed by atoms with Crippen LogP contribution in [-0.4, -0.2) is 19.3 Å². The molecule has 1 N–H and O–H groups in total. The molecule has 1 aromatic carbocycles. The van der Waals surface area contributed by atoms with Crippen molar-refractivity contribution in [3.8, 4) is 0 Å². The molecule has 2 heteroatoms. The third kappa shape index (κ3) is 1.44. The van der Waals surface area contributed by atoms with E-state index in [0.717, 1.165) is 26.0 Å². The summed E-state index contributed by atoms with van der Waals surface area (Å²) in [7, 11) is 0. The number of aryl methyl sites for hydroxylation is 1. The van der Waals surface area contributed by atoms with Crippen LogP contribution < -0.4 is 5.32 Å². The summed E-state index contributed by atoms with van der Waals surface area (Å²) in [5.41, 5.74) is 4.54. The highest BCUT2D eigenvalue weighted by atomic mass is 16.5. The van der Waals surface area contributed by atoms with Gasteiger partial charge in [-0.3, -0.25) is 0 Å². The molecule has 2 unspecified atom stereocenters. The fourth-order valence-electron chi connectivity index (χ4n) is 3.18. The second-order valence-corrected chi connectivity index (χ2v) is 5.32. The molecule has 0 amide bonds. The summed E-state index contributed by atoms with van der Waals surface area (Å²) in [5.74, 6) is 0. The monoisotopic (exact) mass is 217 g/mol. The van der Waals surface area contributed by atoms with Gasteiger partial charge in [-0.15, -0.1) is 0 Å². The average molecular weight is 217 g/mol. The predicted molar refractivity (Wildman–Crippen MR) is 66.0 cm³/mol. The van der Waals surface area contributed by atoms with Crippen LogP contribution in [0.2, 0.25) is 0 Å². The van der Waals surface area contributed by atoms with Crippen LogP contribution in [0.15, 0.2) is 18.2 Å². The van der Waals surface area contributed by atoms with Gasteiger partial charge in [-0.1, -0.05) is 17.7 Å². The third-order valence-electron chi connectivity index (χ3n) is 4.02. The lowest BCUT2D eigenvalue weighted by molar-refractivity contribution is -0.00528. The highest BCUT2D eigenvalue weighted by Crippen LogP contribution is 2.45. The van der Waals surface area contributed by atoms with Gasteiger partial charge in [0, 0.05) is 24.3 Å². The number of ether oxygens (including phenoxy) is 1. The Labute approximate surface area is 97.0 Å². The summed E-state index contributed by atoms with van der Waals surface area (Å²) in [6, 6.07) is 6.76. The normalized spacial score (nSPS) is 32.5. The molecular weight excluding hydrogens is 198 g/mol. The Kier molecular flexibility index (Phi) is 2.21. The molecule has 1 fully saturated rings. The zero-order valence-electron chi connectivity index (χ0n) is 10.0. The summed E-state index contributed by atoms with van der Waals surface area (Å²) in [6.45, 7) is 6.35. The van der Waals surface area contributed by atoms with Crippen LogP contribution in [0.5, 0.6) is 0 Å². The number of hydrogen-bond acceptors (Lipinski definition) is 2. The van der Waals surface area contributed by atoms with Crippen molar-refractivity contribution in [1.29, 1.82) is 0 Å². The number of fused-ring (bicyclic) bond motifs is 2. The van der Waals surface area contributed by atoms with Crippen molar-refractivity contribution in [3.05, 3.63) is 29.3 Å². The highest BCUT2D eigenvalue weighted by Gasteiger charge is 2.42. The first kappa shape index (κ1) is 10.2. The smallest absolute Gasteiger partial charge is 0.0556 e. The second kappa shape index (κ2) is 3.49. The molecule has 3 rings (SSSR count). The standard InChI is InChI=1S/C14H19NO/c1-10-3-4-13-12(7-10)14(9-15-13)5-6-16-11(2)8-14/h3-4,7,11,15H,5-6,8-9H2,1-2H3. The zero-order valence-corrected chi connectivity index (χ0v) is 10.0. The van der Waals surface area contributed by atoms with E-state index in [9.17, 15) is 0 Å². The Bertz CT molecular complexity index is 411. The van der Waals surface area contributed by atoms with E-state index in [0.29, 0.717) is 11.5 Å². The average Bonchev–Trinajstić information content (AvgIpc) is 2.58. The lowest BCUT2D eigenvalue weighted by atomic mass is 9.74. The highest BCUT2D eigenvalue weighted by molar-refractivity contribution is 5.61. The van der Waals surface area contributed by atoms with E-state index in [1.165, 1.54) is 16.8 Å². The molecule has 0 radical (unpaired) electrons. The van der Waals surface area contributed by atoms with Crippen molar-refractivity contribution in [2.45, 2.75) is 38.2 Å². The Morgan fingerprint density at radius 3 is 3.12 bits per heavy atom. The summed E-state index contributed by atoms with van der Waals surface area (Å²) >= 11 is 0. The van der Waals surface area contributed by atoms with Crippen molar-refractivity contribution in [3.63, 3.8) is 0 Å². The molecule has 1 aromatic rings. The van der Waals surface area contributed by atoms with E-state index in [2.05, 4.69) is 37.4 Å². The predicted octanol–water partition coefficient (Wildman–Crippen LogP) is 2.86.